The van der Waals surface area contributed by atoms with Crippen LogP contribution in [-0.4, -0.2) is 45.0 Å². The molecule has 1 amide bonds. The molecule has 37 heavy (non-hydrogen) atoms. The SMILES string of the molecule is COc1ccc(-c2nc(C(F)(F)F)n3c2CN(C(=O)C[C@H](N)Cc2cc(F)c(F)cc2F)CC3)cn1.Cl. The summed E-state index contributed by atoms with van der Waals surface area (Å²) >= 11 is 0. The van der Waals surface area contributed by atoms with Crippen molar-refractivity contribution in [3.63, 3.8) is 0 Å². The molecule has 1 aliphatic heterocycles. The number of benzene rings is 1. The highest BCUT2D eigenvalue weighted by Gasteiger charge is 2.41. The third-order valence-electron chi connectivity index (χ3n) is 5.84. The summed E-state index contributed by atoms with van der Waals surface area (Å²) < 4.78 is 87.5. The van der Waals surface area contributed by atoms with Crippen LogP contribution >= 0.6 is 12.4 Å². The van der Waals surface area contributed by atoms with E-state index in [2.05, 4.69) is 9.97 Å². The number of ether oxygens (including phenoxy) is 1. The fourth-order valence-electron chi connectivity index (χ4n) is 4.10. The lowest BCUT2D eigenvalue weighted by Gasteiger charge is -2.30. The minimum atomic E-state index is -4.71. The molecule has 3 heterocycles. The quantitative estimate of drug-likeness (QED) is 0.369. The number of halogens is 7. The lowest BCUT2D eigenvalue weighted by atomic mass is 10.0. The number of alkyl halides is 3. The molecule has 0 fully saturated rings. The lowest BCUT2D eigenvalue weighted by molar-refractivity contribution is -0.148. The van der Waals surface area contributed by atoms with Crippen molar-refractivity contribution in [1.82, 2.24) is 19.4 Å². The molecule has 0 aliphatic carbocycles. The number of fused-ring (bicyclic) bond motifs is 1. The van der Waals surface area contributed by atoms with Crippen molar-refractivity contribution < 1.29 is 35.9 Å². The first-order chi connectivity index (χ1) is 17.0. The summed E-state index contributed by atoms with van der Waals surface area (Å²) in [5, 5.41) is 0. The van der Waals surface area contributed by atoms with Crippen molar-refractivity contribution in [2.75, 3.05) is 13.7 Å². The van der Waals surface area contributed by atoms with Crippen LogP contribution in [0.2, 0.25) is 0 Å². The third kappa shape index (κ3) is 5.99. The van der Waals surface area contributed by atoms with Gasteiger partial charge in [-0.15, -0.1) is 12.4 Å². The second kappa shape index (κ2) is 11.0. The number of hydrogen-bond donors (Lipinski definition) is 1. The van der Waals surface area contributed by atoms with Crippen LogP contribution < -0.4 is 10.5 Å². The molecule has 3 aromatic rings. The Labute approximate surface area is 213 Å². The van der Waals surface area contributed by atoms with E-state index in [-0.39, 0.29) is 67.7 Å². The van der Waals surface area contributed by atoms with E-state index >= 15 is 0 Å². The van der Waals surface area contributed by atoms with Crippen molar-refractivity contribution in [2.24, 2.45) is 5.73 Å². The van der Waals surface area contributed by atoms with Crippen LogP contribution in [0.1, 0.15) is 23.5 Å². The number of hydrogen-bond acceptors (Lipinski definition) is 5. The number of carbonyl (C=O) groups is 1. The van der Waals surface area contributed by atoms with E-state index in [1.807, 2.05) is 0 Å². The van der Waals surface area contributed by atoms with E-state index in [0.717, 1.165) is 4.57 Å². The molecule has 0 bridgehead atoms. The Balaban J connectivity index is 0.00000380. The van der Waals surface area contributed by atoms with E-state index in [0.29, 0.717) is 17.7 Å². The summed E-state index contributed by atoms with van der Waals surface area (Å²) in [5.41, 5.74) is 6.29. The molecule has 7 nitrogen and oxygen atoms in total. The van der Waals surface area contributed by atoms with Crippen LogP contribution in [0.25, 0.3) is 11.3 Å². The highest BCUT2D eigenvalue weighted by atomic mass is 35.5. The van der Waals surface area contributed by atoms with E-state index in [1.54, 1.807) is 0 Å². The zero-order chi connectivity index (χ0) is 26.2. The van der Waals surface area contributed by atoms with Gasteiger partial charge < -0.3 is 19.9 Å². The maximum atomic E-state index is 13.9. The molecule has 4 rings (SSSR count). The number of rotatable bonds is 6. The van der Waals surface area contributed by atoms with Gasteiger partial charge in [0.15, 0.2) is 11.6 Å². The highest BCUT2D eigenvalue weighted by molar-refractivity contribution is 5.85. The number of methoxy groups -OCH3 is 1. The zero-order valence-electron chi connectivity index (χ0n) is 19.4. The summed E-state index contributed by atoms with van der Waals surface area (Å²) in [6.45, 7) is -0.354. The van der Waals surface area contributed by atoms with Gasteiger partial charge in [-0.25, -0.2) is 23.1 Å². The Kier molecular flexibility index (Phi) is 8.38. The minimum absolute atomic E-state index is 0. The first-order valence-corrected chi connectivity index (χ1v) is 10.8. The molecule has 200 valence electrons. The second-order valence-corrected chi connectivity index (χ2v) is 8.31. The number of imidazole rings is 1. The standard InChI is InChI=1S/C23H21F6N5O2.ClH/c1-36-19-3-2-12(10-31-19)21-18-11-33(4-5-34(18)22(32-21)23(27,28)29)20(35)8-14(30)6-13-7-16(25)17(26)9-15(13)24;/h2-3,7,9-10,14H,4-6,8,11,30H2,1H3;1H/t14-;/m1./s1. The van der Waals surface area contributed by atoms with Crippen LogP contribution in [0.3, 0.4) is 0 Å². The Hall–Kier alpha value is -3.32. The second-order valence-electron chi connectivity index (χ2n) is 8.31. The molecule has 14 heteroatoms. The predicted octanol–water partition coefficient (Wildman–Crippen LogP) is 4.11. The average molecular weight is 550 g/mol. The predicted molar refractivity (Wildman–Crippen MR) is 122 cm³/mol. The van der Waals surface area contributed by atoms with E-state index < -0.39 is 41.4 Å². The summed E-state index contributed by atoms with van der Waals surface area (Å²) in [7, 11) is 1.40. The fraction of sp³-hybridized carbons (Fsp3) is 0.348. The number of pyridine rings is 1. The van der Waals surface area contributed by atoms with Gasteiger partial charge in [-0.3, -0.25) is 4.79 Å². The van der Waals surface area contributed by atoms with Gasteiger partial charge in [-0.1, -0.05) is 0 Å². The molecular formula is C23H22ClF6N5O2. The zero-order valence-corrected chi connectivity index (χ0v) is 20.2. The van der Waals surface area contributed by atoms with E-state index in [9.17, 15) is 31.1 Å². The van der Waals surface area contributed by atoms with Crippen LogP contribution in [-0.2, 0) is 30.5 Å². The van der Waals surface area contributed by atoms with Crippen LogP contribution in [0.5, 0.6) is 5.88 Å². The maximum Gasteiger partial charge on any atom is 0.449 e. The van der Waals surface area contributed by atoms with Crippen molar-refractivity contribution in [1.29, 1.82) is 0 Å². The van der Waals surface area contributed by atoms with Gasteiger partial charge in [0, 0.05) is 49.4 Å². The number of aromatic nitrogens is 3. The van der Waals surface area contributed by atoms with Crippen molar-refractivity contribution in [3.8, 4) is 17.1 Å². The molecule has 2 N–H and O–H groups in total. The minimum Gasteiger partial charge on any atom is -0.481 e. The molecule has 1 atom stereocenters. The lowest BCUT2D eigenvalue weighted by Crippen LogP contribution is -2.42. The molecule has 0 saturated heterocycles. The molecule has 0 unspecified atom stereocenters. The molecule has 0 saturated carbocycles. The smallest absolute Gasteiger partial charge is 0.449 e. The summed E-state index contributed by atoms with van der Waals surface area (Å²) in [5.74, 6) is -4.87. The van der Waals surface area contributed by atoms with E-state index in [4.69, 9.17) is 10.5 Å². The van der Waals surface area contributed by atoms with Gasteiger partial charge in [0.05, 0.1) is 25.0 Å². The number of nitrogens with two attached hydrogens (primary N) is 1. The van der Waals surface area contributed by atoms with Crippen molar-refractivity contribution in [2.45, 2.75) is 38.1 Å². The monoisotopic (exact) mass is 549 g/mol. The number of amides is 1. The Bertz CT molecular complexity index is 1280. The summed E-state index contributed by atoms with van der Waals surface area (Å²) in [6, 6.07) is 3.15. The first-order valence-electron chi connectivity index (χ1n) is 10.8. The topological polar surface area (TPSA) is 86.3 Å². The van der Waals surface area contributed by atoms with Crippen LogP contribution in [0.4, 0.5) is 26.3 Å². The Morgan fingerprint density at radius 2 is 1.84 bits per heavy atom. The maximum absolute atomic E-state index is 13.9. The van der Waals surface area contributed by atoms with E-state index in [1.165, 1.54) is 30.3 Å². The summed E-state index contributed by atoms with van der Waals surface area (Å²) in [4.78, 5) is 22.0. The van der Waals surface area contributed by atoms with Gasteiger partial charge in [0.2, 0.25) is 17.6 Å². The number of carbonyl (C=O) groups excluding carboxylic acids is 1. The van der Waals surface area contributed by atoms with Gasteiger partial charge in [-0.2, -0.15) is 13.2 Å². The largest absolute Gasteiger partial charge is 0.481 e. The molecule has 0 spiro atoms. The molecular weight excluding hydrogens is 528 g/mol. The first kappa shape index (κ1) is 28.3. The van der Waals surface area contributed by atoms with Gasteiger partial charge >= 0.3 is 6.18 Å². The van der Waals surface area contributed by atoms with Crippen LogP contribution in [0.15, 0.2) is 30.5 Å². The summed E-state index contributed by atoms with van der Waals surface area (Å²) in [6.07, 6.45) is -3.90. The van der Waals surface area contributed by atoms with Gasteiger partial charge in [-0.05, 0) is 24.1 Å². The molecule has 0 radical (unpaired) electrons. The van der Waals surface area contributed by atoms with Crippen LogP contribution in [0, 0.1) is 17.5 Å². The number of nitrogens with zero attached hydrogens (tertiary/aromatic N) is 4. The molecule has 1 aliphatic rings. The average Bonchev–Trinajstić information content (AvgIpc) is 3.22. The highest BCUT2D eigenvalue weighted by Crippen LogP contribution is 2.36. The normalized spacial score (nSPS) is 14.1. The van der Waals surface area contributed by atoms with Gasteiger partial charge in [0.25, 0.3) is 0 Å². The van der Waals surface area contributed by atoms with Crippen molar-refractivity contribution >= 4 is 18.3 Å². The molecule has 1 aromatic carbocycles. The van der Waals surface area contributed by atoms with Crippen molar-refractivity contribution in [3.05, 3.63) is 65.0 Å². The third-order valence-corrected chi connectivity index (χ3v) is 5.84. The Morgan fingerprint density at radius 3 is 2.46 bits per heavy atom. The Morgan fingerprint density at radius 1 is 1.14 bits per heavy atom. The molecule has 2 aromatic heterocycles. The van der Waals surface area contributed by atoms with Gasteiger partial charge in [0.1, 0.15) is 5.82 Å². The fourth-order valence-corrected chi connectivity index (χ4v) is 4.10.